The van der Waals surface area contributed by atoms with Gasteiger partial charge in [0.1, 0.15) is 5.75 Å². The first-order valence-corrected chi connectivity index (χ1v) is 9.65. The highest BCUT2D eigenvalue weighted by Crippen LogP contribution is 2.31. The average molecular weight is 384 g/mol. The molecular weight excluding hydrogens is 360 g/mol. The zero-order valence-electron chi connectivity index (χ0n) is 16.9. The summed E-state index contributed by atoms with van der Waals surface area (Å²) in [6.07, 6.45) is 0. The summed E-state index contributed by atoms with van der Waals surface area (Å²) in [5, 5.41) is 4.41. The summed E-state index contributed by atoms with van der Waals surface area (Å²) in [4.78, 5) is 15.6. The number of anilines is 1. The molecule has 4 heteroatoms. The van der Waals surface area contributed by atoms with E-state index in [0.717, 1.165) is 33.5 Å². The predicted octanol–water partition coefficient (Wildman–Crippen LogP) is 5.43. The molecule has 0 atom stereocenters. The van der Waals surface area contributed by atoms with Crippen LogP contribution in [0.1, 0.15) is 16.7 Å². The van der Waals surface area contributed by atoms with Crippen LogP contribution in [0.2, 0.25) is 0 Å². The highest BCUT2D eigenvalue weighted by Gasteiger charge is 2.09. The minimum Gasteiger partial charge on any atom is -0.495 e. The third kappa shape index (κ3) is 3.87. The van der Waals surface area contributed by atoms with Crippen LogP contribution in [0, 0.1) is 13.8 Å². The molecule has 0 saturated carbocycles. The monoisotopic (exact) mass is 384 g/mol. The van der Waals surface area contributed by atoms with Crippen LogP contribution in [0.4, 0.5) is 5.69 Å². The van der Waals surface area contributed by atoms with Crippen LogP contribution in [0.3, 0.4) is 0 Å². The largest absolute Gasteiger partial charge is 0.495 e. The van der Waals surface area contributed by atoms with Crippen molar-refractivity contribution in [2.75, 3.05) is 12.4 Å². The van der Waals surface area contributed by atoms with E-state index in [1.165, 1.54) is 11.1 Å². The first-order valence-electron chi connectivity index (χ1n) is 9.65. The van der Waals surface area contributed by atoms with Crippen LogP contribution in [-0.4, -0.2) is 12.1 Å². The lowest BCUT2D eigenvalue weighted by molar-refractivity contribution is 0.416. The van der Waals surface area contributed by atoms with Crippen LogP contribution in [-0.2, 0) is 6.54 Å². The molecule has 4 rings (SSSR count). The lowest BCUT2D eigenvalue weighted by Crippen LogP contribution is -2.16. The fourth-order valence-electron chi connectivity index (χ4n) is 3.50. The average Bonchev–Trinajstić information content (AvgIpc) is 2.74. The topological polar surface area (TPSA) is 54.1 Å². The highest BCUT2D eigenvalue weighted by molar-refractivity contribution is 5.81. The van der Waals surface area contributed by atoms with Crippen molar-refractivity contribution in [2.24, 2.45) is 0 Å². The molecule has 0 aliphatic carbocycles. The molecule has 0 saturated heterocycles. The van der Waals surface area contributed by atoms with E-state index in [-0.39, 0.29) is 5.56 Å². The Morgan fingerprint density at radius 3 is 2.41 bits per heavy atom. The third-order valence-corrected chi connectivity index (χ3v) is 5.31. The van der Waals surface area contributed by atoms with Crippen LogP contribution >= 0.6 is 0 Å². The summed E-state index contributed by atoms with van der Waals surface area (Å²) in [5.74, 6) is 0.744. The maximum absolute atomic E-state index is 12.6. The minimum absolute atomic E-state index is 0.0774. The molecule has 2 N–H and O–H groups in total. The fourth-order valence-corrected chi connectivity index (χ4v) is 3.50. The molecular formula is C25H24N2O2. The number of hydrogen-bond acceptors (Lipinski definition) is 3. The molecule has 0 unspecified atom stereocenters. The van der Waals surface area contributed by atoms with Gasteiger partial charge in [0.15, 0.2) is 0 Å². The zero-order valence-corrected chi connectivity index (χ0v) is 16.9. The standard InChI is InChI=1S/C25H24N2O2/c1-16-11-20-13-21(25(28)27-22(20)12-17(16)2)15-26-23-14-19(9-10-24(23)29-3)18-7-5-4-6-8-18/h4-14,26H,15H2,1-3H3,(H,27,28). The van der Waals surface area contributed by atoms with Crippen molar-refractivity contribution in [3.63, 3.8) is 0 Å². The SMILES string of the molecule is COc1ccc(-c2ccccc2)cc1NCc1cc2cc(C)c(C)cc2[nH]c1=O. The van der Waals surface area contributed by atoms with Gasteiger partial charge in [-0.1, -0.05) is 36.4 Å². The van der Waals surface area contributed by atoms with E-state index in [4.69, 9.17) is 4.74 Å². The van der Waals surface area contributed by atoms with Crippen LogP contribution < -0.4 is 15.6 Å². The molecule has 0 aliphatic heterocycles. The van der Waals surface area contributed by atoms with Gasteiger partial charge in [-0.3, -0.25) is 4.79 Å². The second-order valence-corrected chi connectivity index (χ2v) is 7.28. The second kappa shape index (κ2) is 7.84. The third-order valence-electron chi connectivity index (χ3n) is 5.31. The molecule has 0 bridgehead atoms. The number of pyridine rings is 1. The summed E-state index contributed by atoms with van der Waals surface area (Å²) < 4.78 is 5.51. The predicted molar refractivity (Wildman–Crippen MR) is 120 cm³/mol. The van der Waals surface area contributed by atoms with Gasteiger partial charge in [0.25, 0.3) is 5.56 Å². The number of aromatic amines is 1. The Labute approximate surface area is 170 Å². The minimum atomic E-state index is -0.0774. The summed E-state index contributed by atoms with van der Waals surface area (Å²) in [7, 11) is 1.65. The number of aryl methyl sites for hydroxylation is 2. The first kappa shape index (κ1) is 18.8. The van der Waals surface area contributed by atoms with E-state index in [9.17, 15) is 4.79 Å². The van der Waals surface area contributed by atoms with Crippen LogP contribution in [0.5, 0.6) is 5.75 Å². The van der Waals surface area contributed by atoms with Crippen molar-refractivity contribution >= 4 is 16.6 Å². The molecule has 3 aromatic carbocycles. The number of aromatic nitrogens is 1. The second-order valence-electron chi connectivity index (χ2n) is 7.28. The normalized spacial score (nSPS) is 10.9. The van der Waals surface area contributed by atoms with Crippen LogP contribution in [0.15, 0.2) is 71.5 Å². The smallest absolute Gasteiger partial charge is 0.253 e. The van der Waals surface area contributed by atoms with Gasteiger partial charge in [-0.15, -0.1) is 0 Å². The number of fused-ring (bicyclic) bond motifs is 1. The van der Waals surface area contributed by atoms with E-state index in [1.807, 2.05) is 42.5 Å². The molecule has 4 aromatic rings. The van der Waals surface area contributed by atoms with E-state index in [1.54, 1.807) is 7.11 Å². The Bertz CT molecular complexity index is 1230. The molecule has 1 heterocycles. The van der Waals surface area contributed by atoms with Crippen molar-refractivity contribution in [1.82, 2.24) is 4.98 Å². The number of benzene rings is 3. The van der Waals surface area contributed by atoms with Crippen LogP contribution in [0.25, 0.3) is 22.0 Å². The molecule has 0 aliphatic rings. The number of nitrogens with one attached hydrogen (secondary N) is 2. The summed E-state index contributed by atoms with van der Waals surface area (Å²) in [5.41, 5.74) is 6.93. The van der Waals surface area contributed by atoms with Gasteiger partial charge in [0, 0.05) is 17.6 Å². The van der Waals surface area contributed by atoms with Crippen molar-refractivity contribution in [2.45, 2.75) is 20.4 Å². The molecule has 29 heavy (non-hydrogen) atoms. The fraction of sp³-hybridized carbons (Fsp3) is 0.160. The molecule has 0 radical (unpaired) electrons. The molecule has 1 aromatic heterocycles. The first-order chi connectivity index (χ1) is 14.0. The van der Waals surface area contributed by atoms with E-state index < -0.39 is 0 Å². The van der Waals surface area contributed by atoms with Gasteiger partial charge in [0.2, 0.25) is 0 Å². The maximum Gasteiger partial charge on any atom is 0.253 e. The maximum atomic E-state index is 12.6. The summed E-state index contributed by atoms with van der Waals surface area (Å²) in [6, 6.07) is 22.3. The number of hydrogen-bond donors (Lipinski definition) is 2. The van der Waals surface area contributed by atoms with Gasteiger partial charge in [-0.25, -0.2) is 0 Å². The van der Waals surface area contributed by atoms with Crippen molar-refractivity contribution in [3.8, 4) is 16.9 Å². The van der Waals surface area contributed by atoms with Crippen molar-refractivity contribution in [3.05, 3.63) is 93.8 Å². The Hall–Kier alpha value is -3.53. The van der Waals surface area contributed by atoms with E-state index >= 15 is 0 Å². The quantitative estimate of drug-likeness (QED) is 0.482. The number of H-pyrrole nitrogens is 1. The number of methoxy groups -OCH3 is 1. The lowest BCUT2D eigenvalue weighted by atomic mass is 10.0. The molecule has 146 valence electrons. The summed E-state index contributed by atoms with van der Waals surface area (Å²) >= 11 is 0. The number of rotatable bonds is 5. The van der Waals surface area contributed by atoms with Gasteiger partial charge in [-0.2, -0.15) is 0 Å². The Morgan fingerprint density at radius 1 is 0.897 bits per heavy atom. The Balaban J connectivity index is 1.65. The van der Waals surface area contributed by atoms with Gasteiger partial charge >= 0.3 is 0 Å². The van der Waals surface area contributed by atoms with E-state index in [0.29, 0.717) is 12.1 Å². The Morgan fingerprint density at radius 2 is 1.66 bits per heavy atom. The molecule has 0 amide bonds. The lowest BCUT2D eigenvalue weighted by Gasteiger charge is -2.13. The number of ether oxygens (including phenoxy) is 1. The molecule has 0 fully saturated rings. The Kier molecular flexibility index (Phi) is 5.09. The zero-order chi connectivity index (χ0) is 20.4. The van der Waals surface area contributed by atoms with Crippen molar-refractivity contribution in [1.29, 1.82) is 0 Å². The summed E-state index contributed by atoms with van der Waals surface area (Å²) in [6.45, 7) is 4.54. The molecule has 0 spiro atoms. The van der Waals surface area contributed by atoms with Gasteiger partial charge in [0.05, 0.1) is 12.8 Å². The molecule has 4 nitrogen and oxygen atoms in total. The van der Waals surface area contributed by atoms with Crippen molar-refractivity contribution < 1.29 is 4.74 Å². The highest BCUT2D eigenvalue weighted by atomic mass is 16.5. The van der Waals surface area contributed by atoms with E-state index in [2.05, 4.69) is 48.4 Å². The van der Waals surface area contributed by atoms with Gasteiger partial charge in [-0.05, 0) is 71.8 Å². The van der Waals surface area contributed by atoms with Gasteiger partial charge < -0.3 is 15.0 Å².